The third-order valence-electron chi connectivity index (χ3n) is 4.09. The van der Waals surface area contributed by atoms with Crippen LogP contribution in [-0.4, -0.2) is 19.9 Å². The maximum absolute atomic E-state index is 14.8. The molecule has 144 valence electrons. The molecule has 29 heavy (non-hydrogen) atoms. The zero-order chi connectivity index (χ0) is 20.2. The molecule has 0 amide bonds. The second-order valence-corrected chi connectivity index (χ2v) is 7.33. The molecule has 0 saturated carbocycles. The third-order valence-corrected chi connectivity index (χ3v) is 5.32. The van der Waals surface area contributed by atoms with E-state index in [1.54, 1.807) is 30.9 Å². The fraction of sp³-hybridized carbons (Fsp3) is 0.0476. The summed E-state index contributed by atoms with van der Waals surface area (Å²) in [6.45, 7) is 1.87. The van der Waals surface area contributed by atoms with Crippen LogP contribution in [0.3, 0.4) is 0 Å². The molecule has 0 aliphatic heterocycles. The van der Waals surface area contributed by atoms with Crippen LogP contribution in [0.4, 0.5) is 21.8 Å². The number of benzene rings is 1. The smallest absolute Gasteiger partial charge is 0.222 e. The van der Waals surface area contributed by atoms with Gasteiger partial charge in [0.1, 0.15) is 11.6 Å². The lowest BCUT2D eigenvalue weighted by atomic mass is 10.2. The monoisotopic (exact) mass is 404 g/mol. The number of nitrogen functional groups attached to an aromatic ring is 1. The number of anilines is 3. The molecule has 0 unspecified atom stereocenters. The minimum absolute atomic E-state index is 0.129. The fourth-order valence-electron chi connectivity index (χ4n) is 2.80. The van der Waals surface area contributed by atoms with Crippen LogP contribution >= 0.6 is 11.8 Å². The zero-order valence-corrected chi connectivity index (χ0v) is 16.3. The first-order chi connectivity index (χ1) is 14.1. The Kier molecular flexibility index (Phi) is 5.35. The Morgan fingerprint density at radius 2 is 1.62 bits per heavy atom. The van der Waals surface area contributed by atoms with E-state index in [2.05, 4.69) is 25.3 Å². The largest absolute Gasteiger partial charge is 0.368 e. The summed E-state index contributed by atoms with van der Waals surface area (Å²) in [6.07, 6.45) is 6.73. The Morgan fingerprint density at radius 1 is 0.931 bits per heavy atom. The summed E-state index contributed by atoms with van der Waals surface area (Å²) in [7, 11) is 0. The van der Waals surface area contributed by atoms with E-state index in [-0.39, 0.29) is 11.8 Å². The summed E-state index contributed by atoms with van der Waals surface area (Å²) >= 11 is 1.36. The molecule has 0 aliphatic carbocycles. The van der Waals surface area contributed by atoms with E-state index < -0.39 is 0 Å². The Bertz CT molecular complexity index is 1120. The van der Waals surface area contributed by atoms with Gasteiger partial charge in [-0.1, -0.05) is 11.8 Å². The molecule has 0 atom stereocenters. The van der Waals surface area contributed by atoms with Crippen molar-refractivity contribution in [3.63, 3.8) is 0 Å². The molecule has 1 aromatic carbocycles. The Labute approximate surface area is 171 Å². The fourth-order valence-corrected chi connectivity index (χ4v) is 3.67. The minimum atomic E-state index is -0.314. The number of nitrogens with one attached hydrogen (secondary N) is 1. The van der Waals surface area contributed by atoms with E-state index >= 15 is 0 Å². The predicted octanol–water partition coefficient (Wildman–Crippen LogP) is 4.86. The van der Waals surface area contributed by atoms with Crippen LogP contribution in [0.1, 0.15) is 5.56 Å². The number of aromatic nitrogens is 4. The van der Waals surface area contributed by atoms with Crippen LogP contribution in [0, 0.1) is 12.7 Å². The highest BCUT2D eigenvalue weighted by Gasteiger charge is 2.12. The Hall–Kier alpha value is -3.52. The molecular weight excluding hydrogens is 387 g/mol. The summed E-state index contributed by atoms with van der Waals surface area (Å²) < 4.78 is 14.8. The molecule has 0 aliphatic rings. The second kappa shape index (κ2) is 8.24. The van der Waals surface area contributed by atoms with Crippen molar-refractivity contribution in [3.8, 4) is 11.3 Å². The van der Waals surface area contributed by atoms with Gasteiger partial charge in [0.25, 0.3) is 0 Å². The quantitative estimate of drug-likeness (QED) is 0.491. The molecule has 0 radical (unpaired) electrons. The van der Waals surface area contributed by atoms with Gasteiger partial charge in [-0.15, -0.1) is 0 Å². The average molecular weight is 404 g/mol. The molecule has 4 aromatic rings. The zero-order valence-electron chi connectivity index (χ0n) is 15.5. The van der Waals surface area contributed by atoms with Gasteiger partial charge < -0.3 is 11.1 Å². The highest BCUT2D eigenvalue weighted by molar-refractivity contribution is 7.99. The molecule has 0 saturated heterocycles. The van der Waals surface area contributed by atoms with Crippen LogP contribution in [0.5, 0.6) is 0 Å². The number of hydrogen-bond donors (Lipinski definition) is 2. The summed E-state index contributed by atoms with van der Waals surface area (Å²) in [5, 5.41) is 3.12. The van der Waals surface area contributed by atoms with Crippen molar-refractivity contribution in [3.05, 3.63) is 78.6 Å². The van der Waals surface area contributed by atoms with Crippen molar-refractivity contribution >= 4 is 29.2 Å². The van der Waals surface area contributed by atoms with Gasteiger partial charge in [0.15, 0.2) is 0 Å². The van der Waals surface area contributed by atoms with E-state index in [0.29, 0.717) is 22.1 Å². The highest BCUT2D eigenvalue weighted by atomic mass is 32.2. The number of nitrogens with two attached hydrogens (primary N) is 1. The molecule has 4 rings (SSSR count). The minimum Gasteiger partial charge on any atom is -0.368 e. The van der Waals surface area contributed by atoms with Gasteiger partial charge in [0.05, 0.1) is 10.6 Å². The predicted molar refractivity (Wildman–Crippen MR) is 112 cm³/mol. The summed E-state index contributed by atoms with van der Waals surface area (Å²) in [6, 6.07) is 12.4. The van der Waals surface area contributed by atoms with Gasteiger partial charge in [-0.25, -0.2) is 9.37 Å². The maximum atomic E-state index is 14.8. The first-order valence-electron chi connectivity index (χ1n) is 8.78. The van der Waals surface area contributed by atoms with Gasteiger partial charge in [-0.3, -0.25) is 9.97 Å². The number of pyridine rings is 2. The lowest BCUT2D eigenvalue weighted by Gasteiger charge is -2.12. The number of aryl methyl sites for hydroxylation is 1. The number of halogens is 1. The highest BCUT2D eigenvalue weighted by Crippen LogP contribution is 2.34. The van der Waals surface area contributed by atoms with E-state index in [0.717, 1.165) is 16.0 Å². The average Bonchev–Trinajstić information content (AvgIpc) is 2.72. The van der Waals surface area contributed by atoms with Crippen molar-refractivity contribution in [1.82, 2.24) is 19.9 Å². The Morgan fingerprint density at radius 3 is 2.31 bits per heavy atom. The van der Waals surface area contributed by atoms with Crippen LogP contribution in [0.2, 0.25) is 0 Å². The van der Waals surface area contributed by atoms with Crippen LogP contribution in [0.15, 0.2) is 77.0 Å². The normalized spacial score (nSPS) is 10.7. The maximum Gasteiger partial charge on any atom is 0.222 e. The molecule has 0 fully saturated rings. The van der Waals surface area contributed by atoms with Crippen LogP contribution in [0.25, 0.3) is 11.3 Å². The van der Waals surface area contributed by atoms with Gasteiger partial charge in [0, 0.05) is 47.0 Å². The molecule has 8 heteroatoms. The van der Waals surface area contributed by atoms with Crippen molar-refractivity contribution in [2.24, 2.45) is 0 Å². The lowest BCUT2D eigenvalue weighted by molar-refractivity contribution is 0.600. The molecule has 3 aromatic heterocycles. The molecule has 0 bridgehead atoms. The van der Waals surface area contributed by atoms with E-state index in [4.69, 9.17) is 5.73 Å². The Balaban J connectivity index is 1.61. The summed E-state index contributed by atoms with van der Waals surface area (Å²) in [5.41, 5.74) is 8.77. The van der Waals surface area contributed by atoms with Crippen LogP contribution < -0.4 is 11.1 Å². The number of rotatable bonds is 5. The van der Waals surface area contributed by atoms with Gasteiger partial charge >= 0.3 is 0 Å². The summed E-state index contributed by atoms with van der Waals surface area (Å²) in [5.74, 6) is 0.298. The summed E-state index contributed by atoms with van der Waals surface area (Å²) in [4.78, 5) is 18.0. The van der Waals surface area contributed by atoms with Crippen molar-refractivity contribution in [1.29, 1.82) is 0 Å². The van der Waals surface area contributed by atoms with Crippen molar-refractivity contribution in [2.75, 3.05) is 11.1 Å². The van der Waals surface area contributed by atoms with E-state index in [1.165, 1.54) is 17.8 Å². The molecular formula is C21H17FN6S. The number of nitrogens with zero attached hydrogens (tertiary/aromatic N) is 4. The third kappa shape index (κ3) is 4.49. The van der Waals surface area contributed by atoms with Gasteiger partial charge in [-0.05, 0) is 48.9 Å². The lowest BCUT2D eigenvalue weighted by Crippen LogP contribution is -2.02. The first kappa shape index (κ1) is 18.8. The van der Waals surface area contributed by atoms with Crippen molar-refractivity contribution in [2.45, 2.75) is 16.7 Å². The topological polar surface area (TPSA) is 89.6 Å². The molecule has 0 spiro atoms. The SMILES string of the molecule is Cc1cc(Nc2cc(-c3ccncc3)nc(N)n2)cc(F)c1Sc1ccncc1. The second-order valence-electron chi connectivity index (χ2n) is 6.25. The molecule has 6 nitrogen and oxygen atoms in total. The molecule has 3 N–H and O–H groups in total. The standard InChI is InChI=1S/C21H17FN6S/c1-13-10-15(11-17(22)20(13)29-16-4-8-25-9-5-16)26-19-12-18(27-21(23)28-19)14-2-6-24-7-3-14/h2-12H,1H3,(H3,23,26,27,28). The number of hydrogen-bond acceptors (Lipinski definition) is 7. The van der Waals surface area contributed by atoms with Gasteiger partial charge in [-0.2, -0.15) is 4.98 Å². The van der Waals surface area contributed by atoms with Crippen LogP contribution in [-0.2, 0) is 0 Å². The van der Waals surface area contributed by atoms with E-state index in [1.807, 2.05) is 37.3 Å². The van der Waals surface area contributed by atoms with Gasteiger partial charge in [0.2, 0.25) is 5.95 Å². The van der Waals surface area contributed by atoms with Crippen molar-refractivity contribution < 1.29 is 4.39 Å². The van der Waals surface area contributed by atoms with E-state index in [9.17, 15) is 4.39 Å². The molecule has 3 heterocycles. The first-order valence-corrected chi connectivity index (χ1v) is 9.60.